The summed E-state index contributed by atoms with van der Waals surface area (Å²) in [6.07, 6.45) is 1.12. The first kappa shape index (κ1) is 14.6. The third kappa shape index (κ3) is 3.12. The van der Waals surface area contributed by atoms with Crippen LogP contribution >= 0.6 is 11.3 Å². The highest BCUT2D eigenvalue weighted by molar-refractivity contribution is 7.10. The smallest absolute Gasteiger partial charge is 0.129 e. The van der Waals surface area contributed by atoms with Gasteiger partial charge in [0.2, 0.25) is 0 Å². The van der Waals surface area contributed by atoms with E-state index in [1.807, 2.05) is 0 Å². The molecular weight excluding hydrogens is 282 g/mol. The third-order valence-electron chi connectivity index (χ3n) is 3.79. The molecule has 1 aliphatic heterocycles. The first-order chi connectivity index (χ1) is 10.3. The molecule has 4 heteroatoms. The van der Waals surface area contributed by atoms with Gasteiger partial charge in [-0.15, -0.1) is 11.3 Å². The Morgan fingerprint density at radius 2 is 2.14 bits per heavy atom. The summed E-state index contributed by atoms with van der Waals surface area (Å²) in [5.41, 5.74) is 3.94. The predicted molar refractivity (Wildman–Crippen MR) is 85.9 cm³/mol. The molecule has 112 valence electrons. The Morgan fingerprint density at radius 3 is 2.90 bits per heavy atom. The average molecular weight is 303 g/mol. The van der Waals surface area contributed by atoms with E-state index in [4.69, 9.17) is 9.47 Å². The summed E-state index contributed by atoms with van der Waals surface area (Å²) in [4.78, 5) is 1.29. The number of rotatable bonds is 6. The van der Waals surface area contributed by atoms with Crippen LogP contribution in [0, 0.1) is 0 Å². The molecule has 0 saturated heterocycles. The lowest BCUT2D eigenvalue weighted by Gasteiger charge is -2.18. The zero-order valence-corrected chi connectivity index (χ0v) is 13.3. The summed E-state index contributed by atoms with van der Waals surface area (Å²) < 4.78 is 10.8. The lowest BCUT2D eigenvalue weighted by molar-refractivity contribution is 0.134. The fourth-order valence-electron chi connectivity index (χ4n) is 2.64. The zero-order valence-electron chi connectivity index (χ0n) is 12.5. The Bertz CT molecular complexity index is 609. The van der Waals surface area contributed by atoms with Gasteiger partial charge in [0.25, 0.3) is 0 Å². The standard InChI is InChI=1S/C17H21NO2S/c1-3-6-18-17(16-8-15(19-2)11-21-16)12-4-5-13-9-20-10-14(13)7-12/h4-5,7-8,11,17-18H,3,6,9-10H2,1-2H3. The first-order valence-corrected chi connectivity index (χ1v) is 8.25. The molecule has 0 fully saturated rings. The van der Waals surface area contributed by atoms with Gasteiger partial charge < -0.3 is 14.8 Å². The molecule has 3 nitrogen and oxygen atoms in total. The molecule has 0 spiro atoms. The van der Waals surface area contributed by atoms with Crippen molar-refractivity contribution < 1.29 is 9.47 Å². The highest BCUT2D eigenvalue weighted by atomic mass is 32.1. The lowest BCUT2D eigenvalue weighted by Crippen LogP contribution is -2.22. The van der Waals surface area contributed by atoms with Crippen LogP contribution in [0.25, 0.3) is 0 Å². The van der Waals surface area contributed by atoms with Gasteiger partial charge in [0.1, 0.15) is 5.75 Å². The summed E-state index contributed by atoms with van der Waals surface area (Å²) in [5.74, 6) is 0.933. The van der Waals surface area contributed by atoms with Crippen LogP contribution in [0.15, 0.2) is 29.6 Å². The number of fused-ring (bicyclic) bond motifs is 1. The van der Waals surface area contributed by atoms with E-state index in [1.165, 1.54) is 21.6 Å². The average Bonchev–Trinajstić information content (AvgIpc) is 3.16. The van der Waals surface area contributed by atoms with Gasteiger partial charge in [0, 0.05) is 10.3 Å². The third-order valence-corrected chi connectivity index (χ3v) is 4.77. The summed E-state index contributed by atoms with van der Waals surface area (Å²) in [6.45, 7) is 4.67. The van der Waals surface area contributed by atoms with Crippen LogP contribution in [0.3, 0.4) is 0 Å². The molecule has 1 aliphatic rings. The van der Waals surface area contributed by atoms with Gasteiger partial charge in [-0.1, -0.05) is 25.1 Å². The van der Waals surface area contributed by atoms with Crippen molar-refractivity contribution in [1.29, 1.82) is 0 Å². The number of hydrogen-bond acceptors (Lipinski definition) is 4. The first-order valence-electron chi connectivity index (χ1n) is 7.37. The van der Waals surface area contributed by atoms with Gasteiger partial charge in [-0.2, -0.15) is 0 Å². The summed E-state index contributed by atoms with van der Waals surface area (Å²) in [5, 5.41) is 5.71. The van der Waals surface area contributed by atoms with Crippen LogP contribution in [0.5, 0.6) is 5.75 Å². The van der Waals surface area contributed by atoms with Crippen molar-refractivity contribution in [2.24, 2.45) is 0 Å². The molecule has 21 heavy (non-hydrogen) atoms. The normalized spacial score (nSPS) is 15.0. The van der Waals surface area contributed by atoms with E-state index in [9.17, 15) is 0 Å². The lowest BCUT2D eigenvalue weighted by atomic mass is 10.00. The van der Waals surface area contributed by atoms with Crippen LogP contribution < -0.4 is 10.1 Å². The minimum atomic E-state index is 0.227. The maximum absolute atomic E-state index is 5.52. The number of nitrogens with one attached hydrogen (secondary N) is 1. The van der Waals surface area contributed by atoms with Crippen molar-refractivity contribution in [1.82, 2.24) is 5.32 Å². The molecular formula is C17H21NO2S. The minimum Gasteiger partial charge on any atom is -0.496 e. The summed E-state index contributed by atoms with van der Waals surface area (Å²) >= 11 is 1.74. The van der Waals surface area contributed by atoms with Crippen molar-refractivity contribution in [2.75, 3.05) is 13.7 Å². The van der Waals surface area contributed by atoms with E-state index in [0.717, 1.165) is 31.9 Å². The minimum absolute atomic E-state index is 0.227. The second kappa shape index (κ2) is 6.60. The number of benzene rings is 1. The van der Waals surface area contributed by atoms with Crippen LogP contribution in [-0.2, 0) is 18.0 Å². The molecule has 0 bridgehead atoms. The van der Waals surface area contributed by atoms with Crippen molar-refractivity contribution in [3.63, 3.8) is 0 Å². The van der Waals surface area contributed by atoms with Gasteiger partial charge in [-0.25, -0.2) is 0 Å². The summed E-state index contributed by atoms with van der Waals surface area (Å²) in [7, 11) is 1.72. The van der Waals surface area contributed by atoms with Crippen molar-refractivity contribution >= 4 is 11.3 Å². The molecule has 0 aliphatic carbocycles. The van der Waals surface area contributed by atoms with Gasteiger partial charge in [-0.05, 0) is 35.7 Å². The largest absolute Gasteiger partial charge is 0.496 e. The summed E-state index contributed by atoms with van der Waals surface area (Å²) in [6, 6.07) is 9.05. The molecule has 1 unspecified atom stereocenters. The van der Waals surface area contributed by atoms with E-state index in [1.54, 1.807) is 18.4 Å². The molecule has 1 atom stereocenters. The van der Waals surface area contributed by atoms with Crippen LogP contribution in [0.2, 0.25) is 0 Å². The van der Waals surface area contributed by atoms with E-state index < -0.39 is 0 Å². The molecule has 2 heterocycles. The van der Waals surface area contributed by atoms with Crippen LogP contribution in [-0.4, -0.2) is 13.7 Å². The topological polar surface area (TPSA) is 30.5 Å². The Morgan fingerprint density at radius 1 is 1.29 bits per heavy atom. The maximum Gasteiger partial charge on any atom is 0.129 e. The van der Waals surface area contributed by atoms with Crippen molar-refractivity contribution in [2.45, 2.75) is 32.6 Å². The van der Waals surface area contributed by atoms with Crippen LogP contribution in [0.1, 0.15) is 41.0 Å². The van der Waals surface area contributed by atoms with Crippen molar-refractivity contribution in [3.05, 3.63) is 51.2 Å². The Labute approximate surface area is 129 Å². The Hall–Kier alpha value is -1.36. The second-order valence-electron chi connectivity index (χ2n) is 5.30. The van der Waals surface area contributed by atoms with Gasteiger partial charge >= 0.3 is 0 Å². The van der Waals surface area contributed by atoms with E-state index in [-0.39, 0.29) is 6.04 Å². The van der Waals surface area contributed by atoms with Crippen molar-refractivity contribution in [3.8, 4) is 5.75 Å². The Kier molecular flexibility index (Phi) is 4.58. The molecule has 0 radical (unpaired) electrons. The molecule has 0 saturated carbocycles. The zero-order chi connectivity index (χ0) is 14.7. The molecule has 2 aromatic rings. The molecule has 0 amide bonds. The predicted octanol–water partition coefficient (Wildman–Crippen LogP) is 3.88. The SMILES string of the molecule is CCCNC(c1ccc2c(c1)COC2)c1cc(OC)cs1. The number of thiophene rings is 1. The molecule has 1 N–H and O–H groups in total. The number of ether oxygens (including phenoxy) is 2. The number of hydrogen-bond donors (Lipinski definition) is 1. The molecule has 1 aromatic carbocycles. The Balaban J connectivity index is 1.91. The molecule has 3 rings (SSSR count). The van der Waals surface area contributed by atoms with Gasteiger partial charge in [0.15, 0.2) is 0 Å². The molecule has 1 aromatic heterocycles. The highest BCUT2D eigenvalue weighted by Gasteiger charge is 2.19. The monoisotopic (exact) mass is 303 g/mol. The van der Waals surface area contributed by atoms with E-state index in [0.29, 0.717) is 0 Å². The quantitative estimate of drug-likeness (QED) is 0.878. The van der Waals surface area contributed by atoms with Crippen LogP contribution in [0.4, 0.5) is 0 Å². The number of methoxy groups -OCH3 is 1. The van der Waals surface area contributed by atoms with E-state index >= 15 is 0 Å². The van der Waals surface area contributed by atoms with Gasteiger partial charge in [0.05, 0.1) is 26.4 Å². The fraction of sp³-hybridized carbons (Fsp3) is 0.412. The van der Waals surface area contributed by atoms with Gasteiger partial charge in [-0.3, -0.25) is 0 Å². The highest BCUT2D eigenvalue weighted by Crippen LogP contribution is 2.33. The van der Waals surface area contributed by atoms with E-state index in [2.05, 4.69) is 41.9 Å². The second-order valence-corrected chi connectivity index (χ2v) is 6.24. The fourth-order valence-corrected chi connectivity index (χ4v) is 3.59. The maximum atomic E-state index is 5.52.